The fraction of sp³-hybridized carbons (Fsp3) is 0.424. The van der Waals surface area contributed by atoms with E-state index in [9.17, 15) is 62.3 Å². The Labute approximate surface area is 798 Å². The molecule has 1 atom stereocenters. The number of hydrogen-bond acceptors (Lipinski definition) is 21. The van der Waals surface area contributed by atoms with Crippen molar-refractivity contribution in [2.75, 3.05) is 126 Å². The van der Waals surface area contributed by atoms with Crippen molar-refractivity contribution in [3.63, 3.8) is 0 Å². The van der Waals surface area contributed by atoms with Crippen LogP contribution in [0.3, 0.4) is 0 Å². The second kappa shape index (κ2) is 41.0. The summed E-state index contributed by atoms with van der Waals surface area (Å²) in [6.45, 7) is 21.7. The number of nitrogens with one attached hydrogen (secondary N) is 4. The molecule has 10 aromatic rings. The molecule has 26 nitrogen and oxygen atoms in total. The van der Waals surface area contributed by atoms with Gasteiger partial charge in [0.15, 0.2) is 0 Å². The summed E-state index contributed by atoms with van der Waals surface area (Å²) in [7, 11) is -17.7. The maximum absolute atomic E-state index is 14.2. The number of amides is 2. The number of carbonyl (C=O) groups is 2. The van der Waals surface area contributed by atoms with Crippen molar-refractivity contribution in [2.45, 2.75) is 144 Å². The molecule has 0 bridgehead atoms. The van der Waals surface area contributed by atoms with Gasteiger partial charge in [-0.3, -0.25) is 33.7 Å². The highest BCUT2D eigenvalue weighted by Gasteiger charge is 2.49. The quantitative estimate of drug-likeness (QED) is 0.0201. The first-order valence-corrected chi connectivity index (χ1v) is 56.0. The van der Waals surface area contributed by atoms with E-state index >= 15 is 0 Å². The molecule has 36 heteroatoms. The summed E-state index contributed by atoms with van der Waals surface area (Å²) >= 11 is 12.5. The molecule has 6 aliphatic rings. The number of anilines is 2. The minimum Gasteiger partial charge on any atom is -0.455 e. The molecule has 135 heavy (non-hydrogen) atoms. The predicted molar refractivity (Wildman–Crippen MR) is 532 cm³/mol. The number of H-pyrrole nitrogens is 2. The minimum atomic E-state index is -6.00. The van der Waals surface area contributed by atoms with Gasteiger partial charge in [-0.1, -0.05) is 105 Å². The Morgan fingerprint density at radius 1 is 0.607 bits per heavy atom. The van der Waals surface area contributed by atoms with E-state index in [1.54, 1.807) is 73.4 Å². The number of fused-ring (bicyclic) bond motifs is 2. The number of benzene rings is 6. The van der Waals surface area contributed by atoms with E-state index in [0.29, 0.717) is 72.1 Å². The zero-order valence-electron chi connectivity index (χ0n) is 77.2. The number of allylic oxidation sites excluding steroid dienone is 2. The zero-order chi connectivity index (χ0) is 96.3. The first-order chi connectivity index (χ1) is 63.8. The van der Waals surface area contributed by atoms with E-state index in [2.05, 4.69) is 118 Å². The summed E-state index contributed by atoms with van der Waals surface area (Å²) in [5.41, 5.74) is 5.26. The van der Waals surface area contributed by atoms with Gasteiger partial charge >= 0.3 is 5.51 Å². The molecule has 4 N–H and O–H groups in total. The van der Waals surface area contributed by atoms with Crippen molar-refractivity contribution < 1.29 is 66.6 Å². The van der Waals surface area contributed by atoms with Gasteiger partial charge in [-0.15, -0.1) is 13.2 Å². The Morgan fingerprint density at radius 2 is 1.06 bits per heavy atom. The van der Waals surface area contributed by atoms with Crippen LogP contribution in [0, 0.1) is 32.8 Å². The molecule has 720 valence electrons. The van der Waals surface area contributed by atoms with Crippen LogP contribution in [0.15, 0.2) is 201 Å². The number of nitro benzene ring substituents is 1. The molecule has 0 unspecified atom stereocenters. The van der Waals surface area contributed by atoms with Gasteiger partial charge < -0.3 is 34.1 Å². The van der Waals surface area contributed by atoms with Crippen LogP contribution in [0.2, 0.25) is 10.0 Å². The number of alkyl halides is 3. The summed E-state index contributed by atoms with van der Waals surface area (Å²) in [6.07, 6.45) is 26.6. The molecule has 7 heterocycles. The lowest BCUT2D eigenvalue weighted by atomic mass is 9.72. The standard InChI is InChI=1S/C50H59ClF3N6O6PS2.C49H58ClN7O7S2/c1-34(32-59-22-24-67(4,5)25-23-59)26-36-8-12-42(29-46(36)68(62,63)50(52,53)54)69(64,65)57-48(61)43-13-11-40(28-45(43)66-41-27-37-15-17-55-47(37)56-31-41)60-20-18-58(19-21-60)33-38-14-16-49(2,3)30-44(38)35-6-9-39(51)10-7-35;1-49(2)21-19-37(44(30-49)34-9-12-38(50)13-10-34)32-55-23-25-56(26-24-55)40-16-18-43(46(28-40)64-41-27-36-20-22-51-47(36)52-31-41)48(58)54-66(62,63)42-17-11-35(45(29-42)57(59)60)8-5-33-6-14-39(15-7-33)53-65(3,4)61/h6-13,15,17,27-29,31,34H,4,14,16,18-26,30,32-33H2,1-3,5H3,(H,55,56)(H,57,61);9-13,16-18,20,22,27-29,31,33,39H,5-8,14-15,19,21,23-26,30,32H2,1-4H3,(H,51,52)(H,54,58)/t34-;/m1./s1. The van der Waals surface area contributed by atoms with Gasteiger partial charge in [0.2, 0.25) is 0 Å². The molecule has 3 aliphatic heterocycles. The molecule has 2 amide bonds. The topological polar surface area (TPSA) is 325 Å². The maximum Gasteiger partial charge on any atom is 0.501 e. The molecule has 4 fully saturated rings. The molecule has 3 saturated heterocycles. The van der Waals surface area contributed by atoms with Crippen LogP contribution in [0.4, 0.5) is 30.2 Å². The number of aromatic nitrogens is 4. The monoisotopic (exact) mass is 1980 g/mol. The Morgan fingerprint density at radius 3 is 1.50 bits per heavy atom. The highest BCUT2D eigenvalue weighted by atomic mass is 35.5. The fourth-order valence-electron chi connectivity index (χ4n) is 19.1. The lowest BCUT2D eigenvalue weighted by molar-refractivity contribution is -0.385. The number of aromatic amines is 2. The number of pyridine rings is 2. The lowest BCUT2D eigenvalue weighted by Gasteiger charge is -2.39. The number of sulfonamides is 2. The van der Waals surface area contributed by atoms with Gasteiger partial charge in [0, 0.05) is 176 Å². The van der Waals surface area contributed by atoms with Gasteiger partial charge in [0.1, 0.15) is 34.3 Å². The van der Waals surface area contributed by atoms with Crippen LogP contribution < -0.4 is 28.7 Å². The minimum absolute atomic E-state index is 0.00183. The highest BCUT2D eigenvalue weighted by molar-refractivity contribution is 7.93. The number of rotatable bonds is 28. The van der Waals surface area contributed by atoms with Crippen LogP contribution in [-0.2, 0) is 52.5 Å². The lowest BCUT2D eigenvalue weighted by Crippen LogP contribution is -2.47. The smallest absolute Gasteiger partial charge is 0.455 e. The summed E-state index contributed by atoms with van der Waals surface area (Å²) in [5, 5.41) is 15.2. The van der Waals surface area contributed by atoms with Gasteiger partial charge in [0.05, 0.1) is 49.2 Å². The molecule has 3 aliphatic carbocycles. The number of piperazine rings is 2. The van der Waals surface area contributed by atoms with E-state index in [1.165, 1.54) is 64.0 Å². The second-order valence-corrected chi connectivity index (χ2v) is 51.8. The Kier molecular flexibility index (Phi) is 30.2. The SMILES string of the molecule is C=P1(C)CCN(C[C@H](C)Cc2ccc(S(=O)(=O)NC(=O)c3ccc(N4CCN(CC5=C(c6ccc(Cl)cc6)CC(C)(C)CC5)CC4)cc3Oc3cnc4[nH]ccc4c3)cc2S(=O)(=O)C(F)(F)F)CC1.CC1(C)CCC(CN2CCN(c3ccc(C(=O)NS(=O)(=O)c4ccc(CCC5CCC(N=S(C)(C)=O)CC5)c([N+](=O)[O-])c4)c(Oc4cnc5[nH]ccc5c4)c3)CC2)=C(c2ccc(Cl)cc2)C1. The Hall–Kier alpha value is -9.93. The third-order valence-electron chi connectivity index (χ3n) is 26.7. The van der Waals surface area contributed by atoms with Crippen molar-refractivity contribution in [2.24, 2.45) is 27.0 Å². The first-order valence-electron chi connectivity index (χ1n) is 45.7. The van der Waals surface area contributed by atoms with E-state index in [1.807, 2.05) is 42.0 Å². The van der Waals surface area contributed by atoms with E-state index in [4.69, 9.17) is 32.7 Å². The van der Waals surface area contributed by atoms with Crippen molar-refractivity contribution in [3.05, 3.63) is 235 Å². The highest BCUT2D eigenvalue weighted by Crippen LogP contribution is 2.48. The summed E-state index contributed by atoms with van der Waals surface area (Å²) in [4.78, 5) is 63.8. The largest absolute Gasteiger partial charge is 0.501 e. The predicted octanol–water partition coefficient (Wildman–Crippen LogP) is 19.8. The number of carbonyl (C=O) groups excluding carboxylic acids is 2. The molecule has 4 aromatic heterocycles. The van der Waals surface area contributed by atoms with Gasteiger partial charge in [-0.25, -0.2) is 49.0 Å². The molecular formula is C99H117Cl2F3N13O13PS4. The number of sulfone groups is 1. The number of halogens is 5. The molecule has 6 aromatic carbocycles. The van der Waals surface area contributed by atoms with E-state index in [0.717, 1.165) is 187 Å². The van der Waals surface area contributed by atoms with E-state index < -0.39 is 83.4 Å². The van der Waals surface area contributed by atoms with E-state index in [-0.39, 0.29) is 68.8 Å². The fourth-order valence-corrected chi connectivity index (χ4v) is 25.1. The number of ether oxygens (including phenoxy) is 2. The van der Waals surface area contributed by atoms with Crippen molar-refractivity contribution >= 4 is 138 Å². The number of nitro groups is 1. The third-order valence-corrected chi connectivity index (χ3v) is 34.8. The normalized spacial score (nSPS) is 19.1. The Bertz CT molecular complexity index is 6720. The van der Waals surface area contributed by atoms with Crippen molar-refractivity contribution in [1.29, 1.82) is 0 Å². The van der Waals surface area contributed by atoms with Gasteiger partial charge in [0.25, 0.3) is 47.4 Å². The van der Waals surface area contributed by atoms with Crippen LogP contribution in [0.5, 0.6) is 23.0 Å². The average Bonchev–Trinajstić information content (AvgIpc) is 1.19. The maximum atomic E-state index is 14.2. The third kappa shape index (κ3) is 25.2. The molecular weight excluding hydrogens is 1870 g/mol. The van der Waals surface area contributed by atoms with Crippen LogP contribution in [0.25, 0.3) is 33.2 Å². The molecule has 0 radical (unpaired) electrons. The van der Waals surface area contributed by atoms with Crippen LogP contribution >= 0.6 is 30.1 Å². The van der Waals surface area contributed by atoms with Gasteiger partial charge in [-0.2, -0.15) is 13.2 Å². The van der Waals surface area contributed by atoms with Gasteiger partial charge in [-0.05, 0) is 244 Å². The van der Waals surface area contributed by atoms with Crippen molar-refractivity contribution in [1.82, 2.24) is 44.1 Å². The first kappa shape index (κ1) is 99.5. The van der Waals surface area contributed by atoms with Crippen LogP contribution in [0.1, 0.15) is 148 Å². The molecule has 1 saturated carbocycles. The van der Waals surface area contributed by atoms with Crippen molar-refractivity contribution in [3.8, 4) is 23.0 Å². The number of nitrogens with zero attached hydrogens (tertiary/aromatic N) is 9. The summed E-state index contributed by atoms with van der Waals surface area (Å²) in [6, 6.07) is 39.6. The Balaban J connectivity index is 0.000000206. The average molecular weight is 1980 g/mol. The summed E-state index contributed by atoms with van der Waals surface area (Å²) < 4.78 is 157. The molecule has 0 spiro atoms. The zero-order valence-corrected chi connectivity index (χ0v) is 82.9. The number of aryl methyl sites for hydroxylation is 1. The second-order valence-electron chi connectivity index (χ2n) is 38.9. The summed E-state index contributed by atoms with van der Waals surface area (Å²) in [5.74, 6) is -1.29. The van der Waals surface area contributed by atoms with Crippen LogP contribution in [-0.4, -0.2) is 215 Å². The number of hydrogen-bond donors (Lipinski definition) is 4. The molecule has 16 rings (SSSR count).